The lowest BCUT2D eigenvalue weighted by Crippen LogP contribution is -2.13. The quantitative estimate of drug-likeness (QED) is 0.858. The molecule has 0 unspecified atom stereocenters. The molecule has 1 fully saturated rings. The molecule has 0 radical (unpaired) electrons. The Labute approximate surface area is 110 Å². The summed E-state index contributed by atoms with van der Waals surface area (Å²) in [7, 11) is 0. The first kappa shape index (κ1) is 11.7. The van der Waals surface area contributed by atoms with Crippen LogP contribution in [0, 0.1) is 0 Å². The Balaban J connectivity index is 1.60. The number of benzene rings is 1. The SMILES string of the molecule is c1ccc(SCc2noc([C@@H]3CCCN3)n2)cc1. The van der Waals surface area contributed by atoms with Gasteiger partial charge in [-0.2, -0.15) is 4.98 Å². The van der Waals surface area contributed by atoms with Crippen molar-refractivity contribution >= 4 is 11.8 Å². The minimum atomic E-state index is 0.257. The molecule has 94 valence electrons. The van der Waals surface area contributed by atoms with E-state index in [0.29, 0.717) is 0 Å². The number of nitrogens with zero attached hydrogens (tertiary/aromatic N) is 2. The monoisotopic (exact) mass is 261 g/mol. The second kappa shape index (κ2) is 5.54. The zero-order chi connectivity index (χ0) is 12.2. The van der Waals surface area contributed by atoms with Crippen LogP contribution in [0.3, 0.4) is 0 Å². The van der Waals surface area contributed by atoms with Crippen molar-refractivity contribution in [3.05, 3.63) is 42.0 Å². The fourth-order valence-corrected chi connectivity index (χ4v) is 2.79. The van der Waals surface area contributed by atoms with Gasteiger partial charge in [0, 0.05) is 4.90 Å². The number of thioether (sulfide) groups is 1. The third kappa shape index (κ3) is 2.73. The van der Waals surface area contributed by atoms with Gasteiger partial charge in [0.25, 0.3) is 0 Å². The van der Waals surface area contributed by atoms with Crippen LogP contribution in [0.5, 0.6) is 0 Å². The van der Waals surface area contributed by atoms with Gasteiger partial charge >= 0.3 is 0 Å². The van der Waals surface area contributed by atoms with Crippen LogP contribution >= 0.6 is 11.8 Å². The van der Waals surface area contributed by atoms with E-state index in [4.69, 9.17) is 4.52 Å². The topological polar surface area (TPSA) is 51.0 Å². The lowest BCUT2D eigenvalue weighted by atomic mass is 10.2. The molecule has 1 N–H and O–H groups in total. The van der Waals surface area contributed by atoms with Crippen molar-refractivity contribution in [2.45, 2.75) is 29.5 Å². The molecule has 2 heterocycles. The average molecular weight is 261 g/mol. The Bertz CT molecular complexity index is 494. The summed E-state index contributed by atoms with van der Waals surface area (Å²) in [5.41, 5.74) is 0. The van der Waals surface area contributed by atoms with Gasteiger partial charge in [-0.05, 0) is 31.5 Å². The van der Waals surface area contributed by atoms with Gasteiger partial charge in [0.05, 0.1) is 11.8 Å². The fourth-order valence-electron chi connectivity index (χ4n) is 2.03. The van der Waals surface area contributed by atoms with E-state index in [1.165, 1.54) is 11.3 Å². The Morgan fingerprint density at radius 2 is 2.22 bits per heavy atom. The third-order valence-electron chi connectivity index (χ3n) is 2.95. The lowest BCUT2D eigenvalue weighted by Gasteiger charge is -2.01. The molecule has 5 heteroatoms. The largest absolute Gasteiger partial charge is 0.338 e. The van der Waals surface area contributed by atoms with Crippen molar-refractivity contribution in [1.29, 1.82) is 0 Å². The molecular formula is C13H15N3OS. The molecule has 18 heavy (non-hydrogen) atoms. The second-order valence-corrected chi connectivity index (χ2v) is 5.35. The van der Waals surface area contributed by atoms with Gasteiger partial charge in [0.15, 0.2) is 5.82 Å². The first-order chi connectivity index (χ1) is 8.92. The summed E-state index contributed by atoms with van der Waals surface area (Å²) in [5, 5.41) is 7.39. The maximum Gasteiger partial charge on any atom is 0.243 e. The van der Waals surface area contributed by atoms with E-state index in [2.05, 4.69) is 27.6 Å². The number of hydrogen-bond acceptors (Lipinski definition) is 5. The summed E-state index contributed by atoms with van der Waals surface area (Å²) in [6.45, 7) is 1.04. The summed E-state index contributed by atoms with van der Waals surface area (Å²) >= 11 is 1.72. The molecule has 1 aliphatic rings. The zero-order valence-corrected chi connectivity index (χ0v) is 10.8. The highest BCUT2D eigenvalue weighted by Gasteiger charge is 2.22. The lowest BCUT2D eigenvalue weighted by molar-refractivity contribution is 0.342. The Morgan fingerprint density at radius 3 is 3.00 bits per heavy atom. The Morgan fingerprint density at radius 1 is 1.33 bits per heavy atom. The summed E-state index contributed by atoms with van der Waals surface area (Å²) in [6, 6.07) is 10.5. The van der Waals surface area contributed by atoms with E-state index in [1.54, 1.807) is 11.8 Å². The van der Waals surface area contributed by atoms with Crippen LogP contribution in [0.1, 0.15) is 30.6 Å². The van der Waals surface area contributed by atoms with Crippen LogP contribution in [-0.4, -0.2) is 16.7 Å². The van der Waals surface area contributed by atoms with Crippen LogP contribution in [0.15, 0.2) is 39.8 Å². The van der Waals surface area contributed by atoms with Crippen molar-refractivity contribution < 1.29 is 4.52 Å². The van der Waals surface area contributed by atoms with Crippen LogP contribution in [-0.2, 0) is 5.75 Å². The molecule has 3 rings (SSSR count). The molecule has 0 saturated carbocycles. The van der Waals surface area contributed by atoms with Crippen molar-refractivity contribution in [3.63, 3.8) is 0 Å². The molecule has 4 nitrogen and oxygen atoms in total. The first-order valence-electron chi connectivity index (χ1n) is 6.15. The van der Waals surface area contributed by atoms with Crippen molar-refractivity contribution in [3.8, 4) is 0 Å². The van der Waals surface area contributed by atoms with Crippen molar-refractivity contribution in [2.24, 2.45) is 0 Å². The van der Waals surface area contributed by atoms with Gasteiger partial charge in [-0.25, -0.2) is 0 Å². The highest BCUT2D eigenvalue weighted by atomic mass is 32.2. The minimum absolute atomic E-state index is 0.257. The summed E-state index contributed by atoms with van der Waals surface area (Å²) in [6.07, 6.45) is 2.27. The molecule has 0 aliphatic carbocycles. The van der Waals surface area contributed by atoms with Gasteiger partial charge < -0.3 is 9.84 Å². The van der Waals surface area contributed by atoms with Crippen LogP contribution in [0.25, 0.3) is 0 Å². The van der Waals surface area contributed by atoms with Gasteiger partial charge in [-0.3, -0.25) is 0 Å². The van der Waals surface area contributed by atoms with Crippen molar-refractivity contribution in [1.82, 2.24) is 15.5 Å². The molecule has 2 aromatic rings. The Hall–Kier alpha value is -1.33. The van der Waals surface area contributed by atoms with Crippen LogP contribution in [0.2, 0.25) is 0 Å². The maximum absolute atomic E-state index is 5.30. The number of nitrogens with one attached hydrogen (secondary N) is 1. The Kier molecular flexibility index (Phi) is 3.61. The smallest absolute Gasteiger partial charge is 0.243 e. The zero-order valence-electron chi connectivity index (χ0n) is 10.0. The number of hydrogen-bond donors (Lipinski definition) is 1. The molecule has 1 aliphatic heterocycles. The van der Waals surface area contributed by atoms with Crippen molar-refractivity contribution in [2.75, 3.05) is 6.54 Å². The summed E-state index contributed by atoms with van der Waals surface area (Å²) in [4.78, 5) is 5.67. The van der Waals surface area contributed by atoms with E-state index < -0.39 is 0 Å². The molecule has 0 spiro atoms. The summed E-state index contributed by atoms with van der Waals surface area (Å²) < 4.78 is 5.30. The maximum atomic E-state index is 5.30. The molecule has 0 bridgehead atoms. The summed E-state index contributed by atoms with van der Waals surface area (Å²) in [5.74, 6) is 2.25. The second-order valence-electron chi connectivity index (χ2n) is 4.30. The molecule has 1 aromatic carbocycles. The molecular weight excluding hydrogens is 246 g/mol. The standard InChI is InChI=1S/C13H15N3OS/c1-2-5-10(6-3-1)18-9-12-15-13(17-16-12)11-7-4-8-14-11/h1-3,5-6,11,14H,4,7-9H2/t11-/m0/s1. The average Bonchev–Trinajstić information content (AvgIpc) is 3.08. The van der Waals surface area contributed by atoms with Gasteiger partial charge in [0.2, 0.25) is 5.89 Å². The van der Waals surface area contributed by atoms with Crippen LogP contribution < -0.4 is 5.32 Å². The van der Waals surface area contributed by atoms with E-state index in [0.717, 1.165) is 30.4 Å². The van der Waals surface area contributed by atoms with E-state index in [9.17, 15) is 0 Å². The van der Waals surface area contributed by atoms with E-state index >= 15 is 0 Å². The number of rotatable bonds is 4. The molecule has 0 amide bonds. The molecule has 1 aromatic heterocycles. The highest BCUT2D eigenvalue weighted by Crippen LogP contribution is 2.24. The fraction of sp³-hybridized carbons (Fsp3) is 0.385. The number of aromatic nitrogens is 2. The normalized spacial score (nSPS) is 19.2. The molecule has 1 atom stereocenters. The predicted molar refractivity (Wildman–Crippen MR) is 70.3 cm³/mol. The van der Waals surface area contributed by atoms with Gasteiger partial charge in [-0.15, -0.1) is 11.8 Å². The van der Waals surface area contributed by atoms with Gasteiger partial charge in [0.1, 0.15) is 0 Å². The van der Waals surface area contributed by atoms with E-state index in [-0.39, 0.29) is 6.04 Å². The predicted octanol–water partition coefficient (Wildman–Crippen LogP) is 2.79. The van der Waals surface area contributed by atoms with Gasteiger partial charge in [-0.1, -0.05) is 23.4 Å². The minimum Gasteiger partial charge on any atom is -0.338 e. The first-order valence-corrected chi connectivity index (χ1v) is 7.14. The highest BCUT2D eigenvalue weighted by molar-refractivity contribution is 7.98. The third-order valence-corrected chi connectivity index (χ3v) is 3.96. The van der Waals surface area contributed by atoms with E-state index in [1.807, 2.05) is 18.2 Å². The molecule has 1 saturated heterocycles. The van der Waals surface area contributed by atoms with Crippen LogP contribution in [0.4, 0.5) is 0 Å².